The molecule has 98 valence electrons. The number of fused-ring (bicyclic) bond motifs is 1. The highest BCUT2D eigenvalue weighted by Gasteiger charge is 2.25. The van der Waals surface area contributed by atoms with Crippen molar-refractivity contribution in [1.29, 1.82) is 0 Å². The average molecular weight is 256 g/mol. The lowest BCUT2D eigenvalue weighted by Crippen LogP contribution is -2.30. The molecule has 4 nitrogen and oxygen atoms in total. The van der Waals surface area contributed by atoms with Crippen molar-refractivity contribution in [3.63, 3.8) is 0 Å². The van der Waals surface area contributed by atoms with Crippen LogP contribution >= 0.6 is 0 Å². The number of hydrogen-bond acceptors (Lipinski definition) is 2. The third-order valence-corrected chi connectivity index (χ3v) is 3.58. The van der Waals surface area contributed by atoms with E-state index in [9.17, 15) is 4.79 Å². The van der Waals surface area contributed by atoms with Crippen LogP contribution in [0, 0.1) is 0 Å². The van der Waals surface area contributed by atoms with Gasteiger partial charge in [0.05, 0.1) is 0 Å². The first-order valence-electron chi connectivity index (χ1n) is 6.45. The smallest absolute Gasteiger partial charge is 0.407 e. The first kappa shape index (κ1) is 11.8. The highest BCUT2D eigenvalue weighted by molar-refractivity contribution is 5.85. The van der Waals surface area contributed by atoms with Gasteiger partial charge in [0.1, 0.15) is 0 Å². The van der Waals surface area contributed by atoms with Gasteiger partial charge in [-0.15, -0.1) is 0 Å². The van der Waals surface area contributed by atoms with Gasteiger partial charge in [0, 0.05) is 24.8 Å². The first-order valence-corrected chi connectivity index (χ1v) is 6.45. The Morgan fingerprint density at radius 2 is 2.00 bits per heavy atom. The minimum atomic E-state index is -0.831. The SMILES string of the molecule is O=C(O)N1CC[C@H](Nc2ccc3ccccc3c2)C1. The summed E-state index contributed by atoms with van der Waals surface area (Å²) in [6.07, 6.45) is 0.0295. The monoisotopic (exact) mass is 256 g/mol. The van der Waals surface area contributed by atoms with E-state index in [-0.39, 0.29) is 6.04 Å². The normalized spacial score (nSPS) is 18.7. The minimum absolute atomic E-state index is 0.206. The number of amides is 1. The Labute approximate surface area is 111 Å². The summed E-state index contributed by atoms with van der Waals surface area (Å²) in [5.74, 6) is 0. The highest BCUT2D eigenvalue weighted by atomic mass is 16.4. The van der Waals surface area contributed by atoms with Gasteiger partial charge in [0.25, 0.3) is 0 Å². The van der Waals surface area contributed by atoms with E-state index in [1.807, 2.05) is 18.2 Å². The van der Waals surface area contributed by atoms with E-state index in [1.54, 1.807) is 0 Å². The van der Waals surface area contributed by atoms with Crippen LogP contribution in [0.25, 0.3) is 10.8 Å². The summed E-state index contributed by atoms with van der Waals surface area (Å²) in [6, 6.07) is 14.7. The second kappa shape index (κ2) is 4.80. The molecule has 1 heterocycles. The number of hydrogen-bond donors (Lipinski definition) is 2. The highest BCUT2D eigenvalue weighted by Crippen LogP contribution is 2.21. The summed E-state index contributed by atoms with van der Waals surface area (Å²) >= 11 is 0. The van der Waals surface area contributed by atoms with Crippen molar-refractivity contribution in [3.05, 3.63) is 42.5 Å². The Morgan fingerprint density at radius 1 is 1.21 bits per heavy atom. The molecule has 2 aromatic carbocycles. The molecule has 4 heteroatoms. The lowest BCUT2D eigenvalue weighted by molar-refractivity contribution is 0.155. The van der Waals surface area contributed by atoms with Crippen molar-refractivity contribution in [1.82, 2.24) is 4.90 Å². The predicted octanol–water partition coefficient (Wildman–Crippen LogP) is 3.00. The van der Waals surface area contributed by atoms with Crippen LogP contribution in [0.3, 0.4) is 0 Å². The first-order chi connectivity index (χ1) is 9.22. The molecule has 0 radical (unpaired) electrons. The molecule has 2 aromatic rings. The lowest BCUT2D eigenvalue weighted by Gasteiger charge is -2.15. The number of nitrogens with zero attached hydrogens (tertiary/aromatic N) is 1. The topological polar surface area (TPSA) is 52.6 Å². The predicted molar refractivity (Wildman–Crippen MR) is 75.6 cm³/mol. The van der Waals surface area contributed by atoms with Crippen molar-refractivity contribution < 1.29 is 9.90 Å². The van der Waals surface area contributed by atoms with E-state index in [2.05, 4.69) is 29.6 Å². The largest absolute Gasteiger partial charge is 0.465 e. The van der Waals surface area contributed by atoms with Crippen LogP contribution in [0.15, 0.2) is 42.5 Å². The summed E-state index contributed by atoms with van der Waals surface area (Å²) in [5, 5.41) is 14.8. The molecule has 1 aliphatic heterocycles. The summed E-state index contributed by atoms with van der Waals surface area (Å²) < 4.78 is 0. The maximum absolute atomic E-state index is 10.9. The molecular formula is C15H16N2O2. The van der Waals surface area contributed by atoms with Crippen LogP contribution in [0.5, 0.6) is 0 Å². The van der Waals surface area contributed by atoms with Crippen molar-refractivity contribution in [2.75, 3.05) is 18.4 Å². The van der Waals surface area contributed by atoms with Crippen molar-refractivity contribution in [2.45, 2.75) is 12.5 Å². The molecule has 0 spiro atoms. The summed E-state index contributed by atoms with van der Waals surface area (Å²) in [7, 11) is 0. The van der Waals surface area contributed by atoms with Gasteiger partial charge in [-0.05, 0) is 29.3 Å². The zero-order valence-electron chi connectivity index (χ0n) is 10.5. The minimum Gasteiger partial charge on any atom is -0.465 e. The van der Waals surface area contributed by atoms with E-state index in [1.165, 1.54) is 15.7 Å². The van der Waals surface area contributed by atoms with Crippen molar-refractivity contribution in [2.24, 2.45) is 0 Å². The number of benzene rings is 2. The second-order valence-electron chi connectivity index (χ2n) is 4.92. The van der Waals surface area contributed by atoms with Crippen LogP contribution in [-0.4, -0.2) is 35.2 Å². The van der Waals surface area contributed by atoms with Gasteiger partial charge in [0.2, 0.25) is 0 Å². The Morgan fingerprint density at radius 3 is 2.74 bits per heavy atom. The van der Waals surface area contributed by atoms with Crippen molar-refractivity contribution in [3.8, 4) is 0 Å². The molecule has 3 rings (SSSR count). The lowest BCUT2D eigenvalue weighted by atomic mass is 10.1. The van der Waals surface area contributed by atoms with Gasteiger partial charge in [-0.3, -0.25) is 0 Å². The summed E-state index contributed by atoms with van der Waals surface area (Å²) in [6.45, 7) is 1.17. The molecule has 1 fully saturated rings. The molecule has 0 saturated carbocycles. The third-order valence-electron chi connectivity index (χ3n) is 3.58. The van der Waals surface area contributed by atoms with Gasteiger partial charge in [-0.2, -0.15) is 0 Å². The third kappa shape index (κ3) is 2.47. The number of nitrogens with one attached hydrogen (secondary N) is 1. The van der Waals surface area contributed by atoms with Gasteiger partial charge in [-0.1, -0.05) is 30.3 Å². The molecule has 0 unspecified atom stereocenters. The van der Waals surface area contributed by atoms with Gasteiger partial charge in [-0.25, -0.2) is 4.79 Å². The number of rotatable bonds is 2. The molecule has 0 aliphatic carbocycles. The second-order valence-corrected chi connectivity index (χ2v) is 4.92. The number of carboxylic acid groups (broad SMARTS) is 1. The van der Waals surface area contributed by atoms with Crippen LogP contribution in [-0.2, 0) is 0 Å². The standard InChI is InChI=1S/C15H16N2O2/c18-15(19)17-8-7-14(10-17)16-13-6-5-11-3-1-2-4-12(11)9-13/h1-6,9,14,16H,7-8,10H2,(H,18,19)/t14-/m0/s1. The van der Waals surface area contributed by atoms with Gasteiger partial charge < -0.3 is 15.3 Å². The van der Waals surface area contributed by atoms with Gasteiger partial charge in [0.15, 0.2) is 0 Å². The zero-order valence-corrected chi connectivity index (χ0v) is 10.5. The fraction of sp³-hybridized carbons (Fsp3) is 0.267. The van der Waals surface area contributed by atoms with Gasteiger partial charge >= 0.3 is 6.09 Å². The molecule has 2 N–H and O–H groups in total. The maximum Gasteiger partial charge on any atom is 0.407 e. The molecule has 0 aromatic heterocycles. The Bertz CT molecular complexity index is 612. The van der Waals surface area contributed by atoms with E-state index < -0.39 is 6.09 Å². The van der Waals surface area contributed by atoms with Crippen LogP contribution in [0.4, 0.5) is 10.5 Å². The molecule has 1 saturated heterocycles. The maximum atomic E-state index is 10.9. The molecular weight excluding hydrogens is 240 g/mol. The van der Waals surface area contributed by atoms with E-state index in [4.69, 9.17) is 5.11 Å². The molecule has 1 amide bonds. The van der Waals surface area contributed by atoms with Crippen molar-refractivity contribution >= 4 is 22.6 Å². The zero-order chi connectivity index (χ0) is 13.2. The fourth-order valence-corrected chi connectivity index (χ4v) is 2.57. The summed E-state index contributed by atoms with van der Waals surface area (Å²) in [4.78, 5) is 12.3. The fourth-order valence-electron chi connectivity index (χ4n) is 2.57. The van der Waals surface area contributed by atoms with E-state index in [0.717, 1.165) is 12.1 Å². The number of likely N-dealkylation sites (tertiary alicyclic amines) is 1. The average Bonchev–Trinajstić information content (AvgIpc) is 2.87. The van der Waals surface area contributed by atoms with Crippen LogP contribution in [0.2, 0.25) is 0 Å². The summed E-state index contributed by atoms with van der Waals surface area (Å²) in [5.41, 5.74) is 1.05. The van der Waals surface area contributed by atoms with E-state index >= 15 is 0 Å². The van der Waals surface area contributed by atoms with Crippen LogP contribution < -0.4 is 5.32 Å². The quantitative estimate of drug-likeness (QED) is 0.868. The Balaban J connectivity index is 1.73. The molecule has 1 atom stereocenters. The number of carbonyl (C=O) groups is 1. The Hall–Kier alpha value is -2.23. The van der Waals surface area contributed by atoms with Crippen LogP contribution in [0.1, 0.15) is 6.42 Å². The molecule has 0 bridgehead atoms. The molecule has 19 heavy (non-hydrogen) atoms. The molecule has 1 aliphatic rings. The number of anilines is 1. The van der Waals surface area contributed by atoms with E-state index in [0.29, 0.717) is 13.1 Å². The Kier molecular flexibility index (Phi) is 2.99.